The first-order chi connectivity index (χ1) is 10.0. The van der Waals surface area contributed by atoms with Gasteiger partial charge in [0.1, 0.15) is 6.04 Å². The molecule has 0 unspecified atom stereocenters. The molecule has 0 fully saturated rings. The summed E-state index contributed by atoms with van der Waals surface area (Å²) in [6.07, 6.45) is -0.0252. The van der Waals surface area contributed by atoms with Crippen LogP contribution < -0.4 is 14.8 Å². The number of aliphatic carboxylic acids is 1. The van der Waals surface area contributed by atoms with Crippen molar-refractivity contribution in [1.29, 1.82) is 0 Å². The minimum absolute atomic E-state index is 0.00949. The normalized spacial score (nSPS) is 11.6. The lowest BCUT2D eigenvalue weighted by atomic mass is 10.1. The molecule has 3 N–H and O–H groups in total. The number of aliphatic hydroxyl groups excluding tert-OH is 1. The zero-order chi connectivity index (χ0) is 15.8. The molecule has 0 bridgehead atoms. The van der Waals surface area contributed by atoms with E-state index in [1.807, 2.05) is 0 Å². The molecule has 0 saturated heterocycles. The zero-order valence-electron chi connectivity index (χ0n) is 12.0. The van der Waals surface area contributed by atoms with Crippen LogP contribution in [0.15, 0.2) is 18.2 Å². The summed E-state index contributed by atoms with van der Waals surface area (Å²) in [5.41, 5.74) is 0.665. The van der Waals surface area contributed by atoms with Crippen LogP contribution in [0.1, 0.15) is 12.0 Å². The van der Waals surface area contributed by atoms with Crippen LogP contribution in [0.25, 0.3) is 0 Å². The molecule has 7 nitrogen and oxygen atoms in total. The number of nitrogens with one attached hydrogen (secondary N) is 1. The molecule has 1 aromatic rings. The van der Waals surface area contributed by atoms with Gasteiger partial charge >= 0.3 is 5.97 Å². The number of carbonyl (C=O) groups excluding carboxylic acids is 1. The van der Waals surface area contributed by atoms with E-state index in [-0.39, 0.29) is 19.4 Å². The maximum Gasteiger partial charge on any atom is 0.326 e. The minimum atomic E-state index is -1.18. The van der Waals surface area contributed by atoms with E-state index in [0.717, 1.165) is 0 Å². The van der Waals surface area contributed by atoms with Gasteiger partial charge in [-0.1, -0.05) is 6.07 Å². The van der Waals surface area contributed by atoms with E-state index in [4.69, 9.17) is 19.7 Å². The van der Waals surface area contributed by atoms with E-state index in [1.54, 1.807) is 18.2 Å². The van der Waals surface area contributed by atoms with E-state index in [0.29, 0.717) is 17.1 Å². The highest BCUT2D eigenvalue weighted by molar-refractivity contribution is 5.84. The SMILES string of the molecule is COc1ccc(CC(=O)N[C@@H](CCO)C(=O)O)cc1OC. The molecule has 0 aliphatic rings. The highest BCUT2D eigenvalue weighted by atomic mass is 16.5. The lowest BCUT2D eigenvalue weighted by Gasteiger charge is -2.14. The Kier molecular flexibility index (Phi) is 6.48. The molecule has 21 heavy (non-hydrogen) atoms. The molecule has 1 rings (SSSR count). The number of hydrogen-bond acceptors (Lipinski definition) is 5. The van der Waals surface area contributed by atoms with E-state index >= 15 is 0 Å². The molecule has 0 spiro atoms. The number of methoxy groups -OCH3 is 2. The van der Waals surface area contributed by atoms with Crippen molar-refractivity contribution in [3.63, 3.8) is 0 Å². The minimum Gasteiger partial charge on any atom is -0.493 e. The second-order valence-electron chi connectivity index (χ2n) is 4.34. The predicted octanol–water partition coefficient (Wildman–Crippen LogP) is 0.198. The Balaban J connectivity index is 2.72. The Morgan fingerprint density at radius 1 is 1.24 bits per heavy atom. The smallest absolute Gasteiger partial charge is 0.326 e. The van der Waals surface area contributed by atoms with Gasteiger partial charge in [-0.25, -0.2) is 4.79 Å². The van der Waals surface area contributed by atoms with Crippen molar-refractivity contribution in [1.82, 2.24) is 5.32 Å². The Bertz CT molecular complexity index is 502. The van der Waals surface area contributed by atoms with E-state index in [1.165, 1.54) is 14.2 Å². The van der Waals surface area contributed by atoms with Crippen LogP contribution in [0.2, 0.25) is 0 Å². The number of carboxylic acids is 1. The number of aliphatic hydroxyl groups is 1. The number of carbonyl (C=O) groups is 2. The fourth-order valence-corrected chi connectivity index (χ4v) is 1.81. The standard InChI is InChI=1S/C14H19NO6/c1-20-11-4-3-9(7-12(11)21-2)8-13(17)15-10(5-6-16)14(18)19/h3-4,7,10,16H,5-6,8H2,1-2H3,(H,15,17)(H,18,19)/t10-/m0/s1. The van der Waals surface area contributed by atoms with Crippen molar-refractivity contribution in [2.45, 2.75) is 18.9 Å². The van der Waals surface area contributed by atoms with Crippen molar-refractivity contribution < 1.29 is 29.3 Å². The van der Waals surface area contributed by atoms with Crippen LogP contribution in [0.4, 0.5) is 0 Å². The van der Waals surface area contributed by atoms with Crippen LogP contribution in [0.5, 0.6) is 11.5 Å². The average Bonchev–Trinajstić information content (AvgIpc) is 2.46. The molecule has 0 radical (unpaired) electrons. The highest BCUT2D eigenvalue weighted by Gasteiger charge is 2.19. The number of carboxylic acid groups (broad SMARTS) is 1. The fraction of sp³-hybridized carbons (Fsp3) is 0.429. The molecule has 1 aromatic carbocycles. The van der Waals surface area contributed by atoms with Crippen LogP contribution >= 0.6 is 0 Å². The fourth-order valence-electron chi connectivity index (χ4n) is 1.81. The molecular weight excluding hydrogens is 278 g/mol. The topological polar surface area (TPSA) is 105 Å². The number of benzene rings is 1. The molecule has 0 saturated carbocycles. The lowest BCUT2D eigenvalue weighted by molar-refractivity contribution is -0.142. The van der Waals surface area contributed by atoms with Gasteiger partial charge in [-0.15, -0.1) is 0 Å². The molecular formula is C14H19NO6. The van der Waals surface area contributed by atoms with Gasteiger partial charge in [0.2, 0.25) is 5.91 Å². The van der Waals surface area contributed by atoms with Gasteiger partial charge in [0, 0.05) is 13.0 Å². The van der Waals surface area contributed by atoms with E-state index in [9.17, 15) is 9.59 Å². The molecule has 0 aliphatic carbocycles. The molecule has 116 valence electrons. The third-order valence-corrected chi connectivity index (χ3v) is 2.86. The van der Waals surface area contributed by atoms with E-state index in [2.05, 4.69) is 5.32 Å². The Morgan fingerprint density at radius 3 is 2.43 bits per heavy atom. The zero-order valence-corrected chi connectivity index (χ0v) is 12.0. The van der Waals surface area contributed by atoms with Gasteiger partial charge in [-0.2, -0.15) is 0 Å². The van der Waals surface area contributed by atoms with Crippen LogP contribution in [-0.4, -0.2) is 49.0 Å². The van der Waals surface area contributed by atoms with Crippen molar-refractivity contribution in [2.75, 3.05) is 20.8 Å². The monoisotopic (exact) mass is 297 g/mol. The highest BCUT2D eigenvalue weighted by Crippen LogP contribution is 2.27. The van der Waals surface area contributed by atoms with Crippen molar-refractivity contribution >= 4 is 11.9 Å². The molecule has 7 heteroatoms. The summed E-state index contributed by atoms with van der Waals surface area (Å²) < 4.78 is 10.2. The third-order valence-electron chi connectivity index (χ3n) is 2.86. The maximum atomic E-state index is 11.8. The van der Waals surface area contributed by atoms with Gasteiger partial charge in [0.05, 0.1) is 20.6 Å². The van der Waals surface area contributed by atoms with E-state index < -0.39 is 17.9 Å². The van der Waals surface area contributed by atoms with Gasteiger partial charge in [0.25, 0.3) is 0 Å². The third kappa shape index (κ3) is 4.96. The van der Waals surface area contributed by atoms with Crippen molar-refractivity contribution in [3.8, 4) is 11.5 Å². The molecule has 1 atom stereocenters. The summed E-state index contributed by atoms with van der Waals surface area (Å²) in [6, 6.07) is 3.93. The van der Waals surface area contributed by atoms with Crippen LogP contribution in [0, 0.1) is 0 Å². The molecule has 0 aromatic heterocycles. The van der Waals surface area contributed by atoms with Crippen molar-refractivity contribution in [3.05, 3.63) is 23.8 Å². The molecule has 0 heterocycles. The largest absolute Gasteiger partial charge is 0.493 e. The van der Waals surface area contributed by atoms with Gasteiger partial charge in [-0.3, -0.25) is 4.79 Å². The van der Waals surface area contributed by atoms with Gasteiger partial charge < -0.3 is 25.0 Å². The number of hydrogen-bond donors (Lipinski definition) is 3. The van der Waals surface area contributed by atoms with Crippen LogP contribution in [-0.2, 0) is 16.0 Å². The van der Waals surface area contributed by atoms with Crippen molar-refractivity contribution in [2.24, 2.45) is 0 Å². The Morgan fingerprint density at radius 2 is 1.90 bits per heavy atom. The number of ether oxygens (including phenoxy) is 2. The quantitative estimate of drug-likeness (QED) is 0.633. The first-order valence-corrected chi connectivity index (χ1v) is 6.35. The Labute approximate surface area is 122 Å². The summed E-state index contributed by atoms with van der Waals surface area (Å²) in [4.78, 5) is 22.7. The van der Waals surface area contributed by atoms with Gasteiger partial charge in [-0.05, 0) is 17.7 Å². The summed E-state index contributed by atoms with van der Waals surface area (Å²) in [5, 5.41) is 20.0. The lowest BCUT2D eigenvalue weighted by Crippen LogP contribution is -2.42. The first kappa shape index (κ1) is 16.8. The maximum absolute atomic E-state index is 11.8. The molecule has 1 amide bonds. The van der Waals surface area contributed by atoms with Crippen LogP contribution in [0.3, 0.4) is 0 Å². The summed E-state index contributed by atoms with van der Waals surface area (Å²) in [5.74, 6) is -0.578. The van der Waals surface area contributed by atoms with Gasteiger partial charge in [0.15, 0.2) is 11.5 Å². The first-order valence-electron chi connectivity index (χ1n) is 6.35. The summed E-state index contributed by atoms with van der Waals surface area (Å²) in [6.45, 7) is -0.312. The second-order valence-corrected chi connectivity index (χ2v) is 4.34. The number of rotatable bonds is 8. The molecule has 0 aliphatic heterocycles. The second kappa shape index (κ2) is 8.11. The predicted molar refractivity (Wildman–Crippen MR) is 74.5 cm³/mol. The Hall–Kier alpha value is -2.28. The average molecular weight is 297 g/mol. The number of amides is 1. The summed E-state index contributed by atoms with van der Waals surface area (Å²) >= 11 is 0. The summed E-state index contributed by atoms with van der Waals surface area (Å²) in [7, 11) is 3.00.